The summed E-state index contributed by atoms with van der Waals surface area (Å²) in [6, 6.07) is 7.92. The first-order valence-electron chi connectivity index (χ1n) is 6.74. The fraction of sp³-hybridized carbons (Fsp3) is 0.200. The summed E-state index contributed by atoms with van der Waals surface area (Å²) in [7, 11) is -2.20. The molecule has 0 spiro atoms. The summed E-state index contributed by atoms with van der Waals surface area (Å²) in [5.41, 5.74) is 0.184. The second-order valence-corrected chi connectivity index (χ2v) is 7.64. The summed E-state index contributed by atoms with van der Waals surface area (Å²) in [6.07, 6.45) is 0.913. The molecule has 0 aliphatic rings. The molecule has 128 valence electrons. The van der Waals surface area contributed by atoms with Gasteiger partial charge in [-0.05, 0) is 29.8 Å². The first-order valence-corrected chi connectivity index (χ1v) is 9.00. The van der Waals surface area contributed by atoms with Gasteiger partial charge < -0.3 is 4.90 Å². The molecule has 0 aliphatic heterocycles. The van der Waals surface area contributed by atoms with Gasteiger partial charge in [-0.3, -0.25) is 10.1 Å². The number of halogens is 2. The third-order valence-corrected chi connectivity index (χ3v) is 4.87. The molecule has 9 heteroatoms. The Kier molecular flexibility index (Phi) is 5.10. The Morgan fingerprint density at radius 2 is 1.96 bits per heavy atom. The Bertz CT molecular complexity index is 902. The van der Waals surface area contributed by atoms with E-state index in [0.29, 0.717) is 5.56 Å². The van der Waals surface area contributed by atoms with E-state index in [-0.39, 0.29) is 22.2 Å². The van der Waals surface area contributed by atoms with Gasteiger partial charge in [0.25, 0.3) is 0 Å². The van der Waals surface area contributed by atoms with E-state index in [9.17, 15) is 22.9 Å². The quantitative estimate of drug-likeness (QED) is 0.593. The molecule has 0 aromatic heterocycles. The van der Waals surface area contributed by atoms with Crippen molar-refractivity contribution in [2.24, 2.45) is 0 Å². The van der Waals surface area contributed by atoms with E-state index < -0.39 is 26.3 Å². The van der Waals surface area contributed by atoms with E-state index in [4.69, 9.17) is 11.6 Å². The topological polar surface area (TPSA) is 80.5 Å². The summed E-state index contributed by atoms with van der Waals surface area (Å²) in [5.74, 6) is -0.489. The Labute approximate surface area is 143 Å². The zero-order valence-electron chi connectivity index (χ0n) is 12.9. The maximum Gasteiger partial charge on any atom is 0.311 e. The monoisotopic (exact) mass is 372 g/mol. The molecule has 0 aliphatic carbocycles. The second kappa shape index (κ2) is 6.74. The van der Waals surface area contributed by atoms with Gasteiger partial charge in [0.2, 0.25) is 0 Å². The molecule has 0 radical (unpaired) electrons. The lowest BCUT2D eigenvalue weighted by Gasteiger charge is -2.20. The largest absolute Gasteiger partial charge is 0.365 e. The lowest BCUT2D eigenvalue weighted by Crippen LogP contribution is -2.19. The molecule has 0 amide bonds. The number of hydrogen-bond acceptors (Lipinski definition) is 5. The van der Waals surface area contributed by atoms with Crippen LogP contribution in [0.25, 0.3) is 0 Å². The first kappa shape index (κ1) is 18.2. The number of nitro groups is 1. The third kappa shape index (κ3) is 3.82. The highest BCUT2D eigenvalue weighted by molar-refractivity contribution is 7.90. The second-order valence-electron chi connectivity index (χ2n) is 5.24. The van der Waals surface area contributed by atoms with Gasteiger partial charge in [0.15, 0.2) is 9.84 Å². The van der Waals surface area contributed by atoms with Gasteiger partial charge in [-0.15, -0.1) is 0 Å². The van der Waals surface area contributed by atoms with E-state index in [1.54, 1.807) is 7.05 Å². The molecule has 0 saturated carbocycles. The fourth-order valence-electron chi connectivity index (χ4n) is 2.29. The molecule has 0 fully saturated rings. The number of nitro benzene ring substituents is 1. The average molecular weight is 373 g/mol. The van der Waals surface area contributed by atoms with Crippen LogP contribution >= 0.6 is 11.6 Å². The van der Waals surface area contributed by atoms with Crippen LogP contribution in [0, 0.1) is 15.9 Å². The SMILES string of the molecule is CN(Cc1ccc(F)cc1Cl)c1cccc(S(C)(=O)=O)c1[N+](=O)[O-]. The van der Waals surface area contributed by atoms with Gasteiger partial charge in [-0.1, -0.05) is 23.7 Å². The van der Waals surface area contributed by atoms with Gasteiger partial charge in [0.1, 0.15) is 16.4 Å². The fourth-order valence-corrected chi connectivity index (χ4v) is 3.38. The predicted octanol–water partition coefficient (Wildman–Crippen LogP) is 3.43. The summed E-state index contributed by atoms with van der Waals surface area (Å²) >= 11 is 5.97. The molecule has 0 atom stereocenters. The van der Waals surface area contributed by atoms with Crippen LogP contribution in [0.2, 0.25) is 5.02 Å². The van der Waals surface area contributed by atoms with Crippen molar-refractivity contribution >= 4 is 32.8 Å². The number of anilines is 1. The number of nitrogens with zero attached hydrogens (tertiary/aromatic N) is 2. The lowest BCUT2D eigenvalue weighted by atomic mass is 10.2. The lowest BCUT2D eigenvalue weighted by molar-refractivity contribution is -0.387. The van der Waals surface area contributed by atoms with Gasteiger partial charge in [0.05, 0.1) is 4.92 Å². The van der Waals surface area contributed by atoms with Crippen molar-refractivity contribution in [3.05, 3.63) is 62.9 Å². The minimum absolute atomic E-state index is 0.128. The maximum absolute atomic E-state index is 13.1. The Hall–Kier alpha value is -2.19. The highest BCUT2D eigenvalue weighted by atomic mass is 35.5. The molecular formula is C15H14ClFN2O4S. The Morgan fingerprint density at radius 1 is 1.29 bits per heavy atom. The molecular weight excluding hydrogens is 359 g/mol. The first-order chi connectivity index (χ1) is 11.1. The molecule has 6 nitrogen and oxygen atoms in total. The maximum atomic E-state index is 13.1. The molecule has 2 aromatic carbocycles. The van der Waals surface area contributed by atoms with Crippen LogP contribution in [0.3, 0.4) is 0 Å². The molecule has 0 unspecified atom stereocenters. The van der Waals surface area contributed by atoms with Crippen molar-refractivity contribution in [1.29, 1.82) is 0 Å². The predicted molar refractivity (Wildman–Crippen MR) is 89.7 cm³/mol. The average Bonchev–Trinajstić information content (AvgIpc) is 2.48. The summed E-state index contributed by atoms with van der Waals surface area (Å²) < 4.78 is 36.7. The van der Waals surface area contributed by atoms with Crippen molar-refractivity contribution in [3.63, 3.8) is 0 Å². The van der Waals surface area contributed by atoms with Crippen LogP contribution in [0.15, 0.2) is 41.3 Å². The highest BCUT2D eigenvalue weighted by Gasteiger charge is 2.27. The van der Waals surface area contributed by atoms with Crippen LogP contribution in [-0.2, 0) is 16.4 Å². The minimum atomic E-state index is -3.77. The van der Waals surface area contributed by atoms with Crippen LogP contribution < -0.4 is 4.90 Å². The summed E-state index contributed by atoms with van der Waals surface area (Å²) in [5, 5.41) is 11.6. The van der Waals surface area contributed by atoms with Gasteiger partial charge >= 0.3 is 5.69 Å². The smallest absolute Gasteiger partial charge is 0.311 e. The standard InChI is InChI=1S/C15H14ClFN2O4S/c1-18(9-10-6-7-11(17)8-12(10)16)13-4-3-5-14(24(2,22)23)15(13)19(20)21/h3-8H,9H2,1-2H3. The zero-order valence-corrected chi connectivity index (χ0v) is 14.4. The van der Waals surface area contributed by atoms with E-state index in [2.05, 4.69) is 0 Å². The summed E-state index contributed by atoms with van der Waals surface area (Å²) in [4.78, 5) is 11.8. The molecule has 0 bridgehead atoms. The third-order valence-electron chi connectivity index (χ3n) is 3.39. The zero-order chi connectivity index (χ0) is 18.1. The van der Waals surface area contributed by atoms with Crippen molar-refractivity contribution in [1.82, 2.24) is 0 Å². The van der Waals surface area contributed by atoms with E-state index in [1.807, 2.05) is 0 Å². The van der Waals surface area contributed by atoms with Gasteiger partial charge in [-0.2, -0.15) is 0 Å². The molecule has 2 rings (SSSR count). The summed E-state index contributed by atoms with van der Waals surface area (Å²) in [6.45, 7) is 0.146. The number of sulfone groups is 1. The van der Waals surface area contributed by atoms with E-state index >= 15 is 0 Å². The Morgan fingerprint density at radius 3 is 2.50 bits per heavy atom. The van der Waals surface area contributed by atoms with Gasteiger partial charge in [0, 0.05) is 24.9 Å². The van der Waals surface area contributed by atoms with Crippen molar-refractivity contribution in [3.8, 4) is 0 Å². The Balaban J connectivity index is 2.50. The van der Waals surface area contributed by atoms with Crippen molar-refractivity contribution in [2.75, 3.05) is 18.2 Å². The van der Waals surface area contributed by atoms with E-state index in [0.717, 1.165) is 12.3 Å². The highest BCUT2D eigenvalue weighted by Crippen LogP contribution is 2.35. The van der Waals surface area contributed by atoms with Crippen molar-refractivity contribution < 1.29 is 17.7 Å². The molecule has 0 saturated heterocycles. The van der Waals surface area contributed by atoms with Crippen LogP contribution in [0.4, 0.5) is 15.8 Å². The van der Waals surface area contributed by atoms with Crippen LogP contribution in [0.5, 0.6) is 0 Å². The number of benzene rings is 2. The normalized spacial score (nSPS) is 11.3. The van der Waals surface area contributed by atoms with Crippen LogP contribution in [-0.4, -0.2) is 26.6 Å². The molecule has 0 heterocycles. The molecule has 2 aromatic rings. The van der Waals surface area contributed by atoms with Crippen molar-refractivity contribution in [2.45, 2.75) is 11.4 Å². The number of hydrogen-bond donors (Lipinski definition) is 0. The minimum Gasteiger partial charge on any atom is -0.365 e. The van der Waals surface area contributed by atoms with Crippen LogP contribution in [0.1, 0.15) is 5.56 Å². The van der Waals surface area contributed by atoms with E-state index in [1.165, 1.54) is 35.2 Å². The molecule has 24 heavy (non-hydrogen) atoms. The van der Waals surface area contributed by atoms with Gasteiger partial charge in [-0.25, -0.2) is 12.8 Å². The number of rotatable bonds is 5. The number of para-hydroxylation sites is 1. The molecule has 0 N–H and O–H groups in total.